The van der Waals surface area contributed by atoms with Crippen molar-refractivity contribution in [2.75, 3.05) is 6.61 Å². The maximum Gasteiger partial charge on any atom is 0.0487 e. The maximum absolute atomic E-state index is 8.84. The predicted octanol–water partition coefficient (Wildman–Crippen LogP) is 1.56. The van der Waals surface area contributed by atoms with Crippen molar-refractivity contribution in [3.05, 3.63) is 0 Å². The second kappa shape index (κ2) is 2.06. The van der Waals surface area contributed by atoms with Gasteiger partial charge in [0.05, 0.1) is 0 Å². The quantitative estimate of drug-likeness (QED) is 0.577. The predicted molar refractivity (Wildman–Crippen MR) is 33.7 cm³/mol. The minimum Gasteiger partial charge on any atom is -0.396 e. The van der Waals surface area contributed by atoms with Gasteiger partial charge in [-0.3, -0.25) is 0 Å². The topological polar surface area (TPSA) is 20.2 Å². The maximum atomic E-state index is 8.84. The van der Waals surface area contributed by atoms with Gasteiger partial charge in [0.1, 0.15) is 0 Å². The zero-order valence-corrected chi connectivity index (χ0v) is 5.48. The lowest BCUT2D eigenvalue weighted by Gasteiger charge is -2.39. The summed E-state index contributed by atoms with van der Waals surface area (Å²) in [5.74, 6) is 0. The number of aliphatic hydroxyl groups excluding tert-OH is 1. The minimum atomic E-state index is 0.361. The van der Waals surface area contributed by atoms with E-state index in [0.29, 0.717) is 12.0 Å². The Morgan fingerprint density at radius 2 is 2.12 bits per heavy atom. The van der Waals surface area contributed by atoms with Crippen LogP contribution in [0.4, 0.5) is 0 Å². The Kier molecular flexibility index (Phi) is 1.57. The van der Waals surface area contributed by atoms with E-state index in [1.807, 2.05) is 0 Å². The van der Waals surface area contributed by atoms with Gasteiger partial charge in [0.25, 0.3) is 0 Å². The summed E-state index contributed by atoms with van der Waals surface area (Å²) < 4.78 is 0. The van der Waals surface area contributed by atoms with Gasteiger partial charge in [-0.15, -0.1) is 0 Å². The van der Waals surface area contributed by atoms with Crippen LogP contribution >= 0.6 is 0 Å². The number of hydrogen-bond donors (Lipinski definition) is 1. The molecule has 1 aliphatic rings. The smallest absolute Gasteiger partial charge is 0.0487 e. The van der Waals surface area contributed by atoms with E-state index in [4.69, 9.17) is 5.11 Å². The van der Waals surface area contributed by atoms with E-state index in [2.05, 4.69) is 6.92 Å². The van der Waals surface area contributed by atoms with E-state index >= 15 is 0 Å². The van der Waals surface area contributed by atoms with Crippen molar-refractivity contribution in [1.82, 2.24) is 0 Å². The van der Waals surface area contributed by atoms with Crippen LogP contribution < -0.4 is 0 Å². The second-order valence-corrected chi connectivity index (χ2v) is 2.87. The standard InChI is InChI=1S/C7H14O/c1-2-7(6-8)4-3-5-7/h8H,2-6H2,1H3. The highest BCUT2D eigenvalue weighted by Gasteiger charge is 2.33. The largest absolute Gasteiger partial charge is 0.396 e. The first kappa shape index (κ1) is 6.09. The summed E-state index contributed by atoms with van der Waals surface area (Å²) >= 11 is 0. The fourth-order valence-electron chi connectivity index (χ4n) is 1.30. The molecule has 1 nitrogen and oxygen atoms in total. The monoisotopic (exact) mass is 114 g/mol. The Bertz CT molecular complexity index is 60.9. The van der Waals surface area contributed by atoms with E-state index in [-0.39, 0.29) is 0 Å². The van der Waals surface area contributed by atoms with Crippen LogP contribution in [0.5, 0.6) is 0 Å². The summed E-state index contributed by atoms with van der Waals surface area (Å²) in [6.07, 6.45) is 4.98. The first-order chi connectivity index (χ1) is 3.83. The van der Waals surface area contributed by atoms with Crippen molar-refractivity contribution in [3.8, 4) is 0 Å². The SMILES string of the molecule is CCC1(CO)CCC1. The van der Waals surface area contributed by atoms with Crippen molar-refractivity contribution in [2.24, 2.45) is 5.41 Å². The van der Waals surface area contributed by atoms with Crippen LogP contribution in [-0.4, -0.2) is 11.7 Å². The Labute approximate surface area is 50.7 Å². The molecule has 1 N–H and O–H groups in total. The van der Waals surface area contributed by atoms with E-state index in [0.717, 1.165) is 6.42 Å². The second-order valence-electron chi connectivity index (χ2n) is 2.87. The molecule has 0 atom stereocenters. The summed E-state index contributed by atoms with van der Waals surface area (Å²) in [4.78, 5) is 0. The van der Waals surface area contributed by atoms with Crippen LogP contribution in [0.25, 0.3) is 0 Å². The van der Waals surface area contributed by atoms with Gasteiger partial charge in [-0.2, -0.15) is 0 Å². The van der Waals surface area contributed by atoms with Gasteiger partial charge in [-0.25, -0.2) is 0 Å². The van der Waals surface area contributed by atoms with Crippen LogP contribution in [0.2, 0.25) is 0 Å². The molecule has 0 aromatic heterocycles. The molecular weight excluding hydrogens is 100 g/mol. The third-order valence-corrected chi connectivity index (χ3v) is 2.50. The molecular formula is C7H14O. The third kappa shape index (κ3) is 0.752. The number of hydrogen-bond acceptors (Lipinski definition) is 1. The van der Waals surface area contributed by atoms with Gasteiger partial charge in [-0.05, 0) is 24.7 Å². The van der Waals surface area contributed by atoms with Crippen LogP contribution in [0.3, 0.4) is 0 Å². The van der Waals surface area contributed by atoms with Crippen molar-refractivity contribution in [3.63, 3.8) is 0 Å². The van der Waals surface area contributed by atoms with E-state index in [1.54, 1.807) is 0 Å². The molecule has 0 bridgehead atoms. The Balaban J connectivity index is 2.33. The van der Waals surface area contributed by atoms with E-state index in [1.165, 1.54) is 19.3 Å². The molecule has 0 aliphatic heterocycles. The van der Waals surface area contributed by atoms with Gasteiger partial charge in [0.2, 0.25) is 0 Å². The van der Waals surface area contributed by atoms with Crippen LogP contribution in [-0.2, 0) is 0 Å². The normalized spacial score (nSPS) is 24.8. The molecule has 0 spiro atoms. The molecule has 48 valence electrons. The van der Waals surface area contributed by atoms with Crippen molar-refractivity contribution in [1.29, 1.82) is 0 Å². The highest BCUT2D eigenvalue weighted by molar-refractivity contribution is 4.85. The molecule has 0 amide bonds. The fourth-order valence-corrected chi connectivity index (χ4v) is 1.30. The Morgan fingerprint density at radius 3 is 2.12 bits per heavy atom. The summed E-state index contributed by atoms with van der Waals surface area (Å²) in [7, 11) is 0. The molecule has 1 heteroatoms. The fraction of sp³-hybridized carbons (Fsp3) is 1.00. The Morgan fingerprint density at radius 1 is 1.50 bits per heavy atom. The highest BCUT2D eigenvalue weighted by Crippen LogP contribution is 2.42. The van der Waals surface area contributed by atoms with Crippen LogP contribution in [0.15, 0.2) is 0 Å². The zero-order chi connectivity index (χ0) is 6.04. The first-order valence-electron chi connectivity index (χ1n) is 3.44. The van der Waals surface area contributed by atoms with Gasteiger partial charge in [0, 0.05) is 6.61 Å². The van der Waals surface area contributed by atoms with E-state index < -0.39 is 0 Å². The van der Waals surface area contributed by atoms with Crippen LogP contribution in [0.1, 0.15) is 32.6 Å². The molecule has 1 fully saturated rings. The first-order valence-corrected chi connectivity index (χ1v) is 3.44. The molecule has 1 rings (SSSR count). The zero-order valence-electron chi connectivity index (χ0n) is 5.48. The summed E-state index contributed by atoms with van der Waals surface area (Å²) in [5, 5.41) is 8.84. The molecule has 0 aromatic rings. The average molecular weight is 114 g/mol. The summed E-state index contributed by atoms with van der Waals surface area (Å²) in [6, 6.07) is 0. The van der Waals surface area contributed by atoms with Crippen molar-refractivity contribution in [2.45, 2.75) is 32.6 Å². The van der Waals surface area contributed by atoms with E-state index in [9.17, 15) is 0 Å². The highest BCUT2D eigenvalue weighted by atomic mass is 16.3. The number of aliphatic hydroxyl groups is 1. The summed E-state index contributed by atoms with van der Waals surface area (Å²) in [6.45, 7) is 2.57. The number of rotatable bonds is 2. The van der Waals surface area contributed by atoms with Gasteiger partial charge in [0.15, 0.2) is 0 Å². The molecule has 0 unspecified atom stereocenters. The third-order valence-electron chi connectivity index (χ3n) is 2.50. The molecule has 0 aromatic carbocycles. The van der Waals surface area contributed by atoms with Gasteiger partial charge >= 0.3 is 0 Å². The summed E-state index contributed by atoms with van der Waals surface area (Å²) in [5.41, 5.74) is 0.361. The Hall–Kier alpha value is -0.0400. The molecule has 0 radical (unpaired) electrons. The van der Waals surface area contributed by atoms with Gasteiger partial charge < -0.3 is 5.11 Å². The lowest BCUT2D eigenvalue weighted by atomic mass is 9.68. The molecule has 1 saturated carbocycles. The van der Waals surface area contributed by atoms with Crippen molar-refractivity contribution >= 4 is 0 Å². The average Bonchev–Trinajstić information content (AvgIpc) is 1.67. The van der Waals surface area contributed by atoms with Crippen molar-refractivity contribution < 1.29 is 5.11 Å². The molecule has 1 aliphatic carbocycles. The van der Waals surface area contributed by atoms with Crippen LogP contribution in [0, 0.1) is 5.41 Å². The minimum absolute atomic E-state index is 0.361. The van der Waals surface area contributed by atoms with Gasteiger partial charge in [-0.1, -0.05) is 13.3 Å². The molecule has 8 heavy (non-hydrogen) atoms. The lowest BCUT2D eigenvalue weighted by molar-refractivity contribution is 0.0410. The lowest BCUT2D eigenvalue weighted by Crippen LogP contribution is -2.32. The molecule has 0 heterocycles. The molecule has 0 saturated heterocycles.